The normalized spacial score (nSPS) is 13.7. The Morgan fingerprint density at radius 2 is 2.00 bits per heavy atom. The third-order valence-electron chi connectivity index (χ3n) is 3.61. The third kappa shape index (κ3) is 2.69. The molecule has 1 atom stereocenters. The van der Waals surface area contributed by atoms with Crippen LogP contribution in [-0.4, -0.2) is 16.1 Å². The van der Waals surface area contributed by atoms with Crippen molar-refractivity contribution in [1.29, 1.82) is 0 Å². The molecule has 1 heterocycles. The Bertz CT molecular complexity index is 600. The van der Waals surface area contributed by atoms with Crippen LogP contribution in [0.4, 0.5) is 4.39 Å². The van der Waals surface area contributed by atoms with Crippen molar-refractivity contribution < 1.29 is 14.3 Å². The second-order valence-corrected chi connectivity index (χ2v) is 4.80. The molecule has 0 saturated heterocycles. The maximum Gasteiger partial charge on any atom is 0.314 e. The van der Waals surface area contributed by atoms with Crippen LogP contribution < -0.4 is 0 Å². The quantitative estimate of drug-likeness (QED) is 0.910. The number of pyridine rings is 1. The molecule has 0 amide bonds. The number of hydrogen-bond acceptors (Lipinski definition) is 2. The number of halogens is 1. The number of aliphatic carboxylic acids is 1. The van der Waals surface area contributed by atoms with E-state index >= 15 is 0 Å². The average molecular weight is 273 g/mol. The topological polar surface area (TPSA) is 50.2 Å². The number of benzene rings is 1. The van der Waals surface area contributed by atoms with Gasteiger partial charge in [0.1, 0.15) is 5.82 Å². The van der Waals surface area contributed by atoms with Crippen molar-refractivity contribution in [3.05, 3.63) is 65.7 Å². The lowest BCUT2D eigenvalue weighted by atomic mass is 9.74. The number of carboxylic acids is 1. The molecule has 0 radical (unpaired) electrons. The van der Waals surface area contributed by atoms with Gasteiger partial charge >= 0.3 is 5.97 Å². The second kappa shape index (κ2) is 5.82. The van der Waals surface area contributed by atoms with Crippen LogP contribution in [0, 0.1) is 5.82 Å². The largest absolute Gasteiger partial charge is 0.481 e. The first-order valence-electron chi connectivity index (χ1n) is 6.47. The van der Waals surface area contributed by atoms with E-state index in [9.17, 15) is 14.3 Å². The summed E-state index contributed by atoms with van der Waals surface area (Å²) in [6.07, 6.45) is 3.26. The van der Waals surface area contributed by atoms with Crippen molar-refractivity contribution in [2.45, 2.75) is 25.2 Å². The Balaban J connectivity index is 2.45. The van der Waals surface area contributed by atoms with Gasteiger partial charge in [0.2, 0.25) is 0 Å². The Morgan fingerprint density at radius 1 is 1.30 bits per heavy atom. The molecule has 2 aromatic rings. The van der Waals surface area contributed by atoms with Gasteiger partial charge in [0, 0.05) is 6.20 Å². The molecular formula is C16H16FNO2. The van der Waals surface area contributed by atoms with Gasteiger partial charge in [0.05, 0.1) is 11.6 Å². The summed E-state index contributed by atoms with van der Waals surface area (Å²) in [7, 11) is 0. The molecule has 20 heavy (non-hydrogen) atoms. The zero-order chi connectivity index (χ0) is 14.6. The van der Waals surface area contributed by atoms with Gasteiger partial charge in [-0.25, -0.2) is 4.39 Å². The number of carbonyl (C=O) groups is 1. The van der Waals surface area contributed by atoms with E-state index in [-0.39, 0.29) is 6.42 Å². The molecule has 1 aromatic carbocycles. The van der Waals surface area contributed by atoms with Crippen molar-refractivity contribution in [2.75, 3.05) is 0 Å². The highest BCUT2D eigenvalue weighted by Gasteiger charge is 2.38. The maximum absolute atomic E-state index is 13.2. The first-order chi connectivity index (χ1) is 9.58. The molecule has 3 nitrogen and oxygen atoms in total. The summed E-state index contributed by atoms with van der Waals surface area (Å²) in [5.41, 5.74) is 0.244. The van der Waals surface area contributed by atoms with E-state index in [1.165, 1.54) is 12.3 Å². The molecular weight excluding hydrogens is 257 g/mol. The molecule has 1 unspecified atom stereocenters. The zero-order valence-corrected chi connectivity index (χ0v) is 11.2. The van der Waals surface area contributed by atoms with E-state index in [4.69, 9.17) is 0 Å². The highest BCUT2D eigenvalue weighted by molar-refractivity contribution is 5.81. The molecule has 0 aliphatic carbocycles. The van der Waals surface area contributed by atoms with E-state index in [1.54, 1.807) is 12.1 Å². The summed E-state index contributed by atoms with van der Waals surface area (Å²) < 4.78 is 13.2. The Morgan fingerprint density at radius 3 is 2.55 bits per heavy atom. The van der Waals surface area contributed by atoms with Crippen LogP contribution >= 0.6 is 0 Å². The van der Waals surface area contributed by atoms with Crippen LogP contribution in [-0.2, 0) is 16.6 Å². The molecule has 104 valence electrons. The molecule has 1 N–H and O–H groups in total. The first-order valence-corrected chi connectivity index (χ1v) is 6.47. The monoisotopic (exact) mass is 273 g/mol. The van der Waals surface area contributed by atoms with Gasteiger partial charge in [0.25, 0.3) is 0 Å². The minimum Gasteiger partial charge on any atom is -0.481 e. The number of carboxylic acid groups (broad SMARTS) is 1. The number of rotatable bonds is 5. The van der Waals surface area contributed by atoms with E-state index in [1.807, 2.05) is 25.1 Å². The molecule has 0 aliphatic heterocycles. The highest BCUT2D eigenvalue weighted by Crippen LogP contribution is 2.32. The summed E-state index contributed by atoms with van der Waals surface area (Å²) in [6.45, 7) is 1.83. The van der Waals surface area contributed by atoms with E-state index in [2.05, 4.69) is 4.98 Å². The minimum atomic E-state index is -1.06. The summed E-state index contributed by atoms with van der Waals surface area (Å²) in [5.74, 6) is -1.36. The molecule has 0 fully saturated rings. The summed E-state index contributed by atoms with van der Waals surface area (Å²) in [4.78, 5) is 15.6. The molecule has 4 heteroatoms. The Kier molecular flexibility index (Phi) is 4.13. The molecule has 0 aliphatic rings. The lowest BCUT2D eigenvalue weighted by Gasteiger charge is -2.28. The van der Waals surface area contributed by atoms with Gasteiger partial charge in [0.15, 0.2) is 0 Å². The fourth-order valence-corrected chi connectivity index (χ4v) is 2.44. The lowest BCUT2D eigenvalue weighted by molar-refractivity contribution is -0.144. The molecule has 1 aromatic heterocycles. The van der Waals surface area contributed by atoms with Crippen LogP contribution in [0.25, 0.3) is 0 Å². The molecule has 2 rings (SSSR count). The summed E-state index contributed by atoms with van der Waals surface area (Å²) in [6, 6.07) is 10.4. The molecule has 0 bridgehead atoms. The van der Waals surface area contributed by atoms with Crippen molar-refractivity contribution in [3.8, 4) is 0 Å². The number of aromatic nitrogens is 1. The Labute approximate surface area is 117 Å². The van der Waals surface area contributed by atoms with Crippen LogP contribution in [0.2, 0.25) is 0 Å². The fraction of sp³-hybridized carbons (Fsp3) is 0.250. The smallest absolute Gasteiger partial charge is 0.314 e. The van der Waals surface area contributed by atoms with E-state index < -0.39 is 17.2 Å². The van der Waals surface area contributed by atoms with Crippen LogP contribution in [0.15, 0.2) is 48.8 Å². The highest BCUT2D eigenvalue weighted by atomic mass is 19.1. The lowest BCUT2D eigenvalue weighted by Crippen LogP contribution is -2.37. The summed E-state index contributed by atoms with van der Waals surface area (Å²) >= 11 is 0. The Hall–Kier alpha value is -2.23. The van der Waals surface area contributed by atoms with Gasteiger partial charge in [-0.2, -0.15) is 0 Å². The van der Waals surface area contributed by atoms with Crippen molar-refractivity contribution in [1.82, 2.24) is 4.98 Å². The van der Waals surface area contributed by atoms with E-state index in [0.29, 0.717) is 12.0 Å². The van der Waals surface area contributed by atoms with Gasteiger partial charge in [-0.1, -0.05) is 37.3 Å². The standard InChI is InChI=1S/C16H16FNO2/c1-2-16(15(19)20,13-6-4-3-5-7-13)9-12-8-14(17)11-18-10-12/h3-8,10-11H,2,9H2,1H3,(H,19,20). The average Bonchev–Trinajstić information content (AvgIpc) is 2.45. The van der Waals surface area contributed by atoms with Gasteiger partial charge < -0.3 is 5.11 Å². The van der Waals surface area contributed by atoms with Crippen molar-refractivity contribution in [3.63, 3.8) is 0 Å². The van der Waals surface area contributed by atoms with Gasteiger partial charge in [-0.3, -0.25) is 9.78 Å². The third-order valence-corrected chi connectivity index (χ3v) is 3.61. The SMILES string of the molecule is CCC(Cc1cncc(F)c1)(C(=O)O)c1ccccc1. The summed E-state index contributed by atoms with van der Waals surface area (Å²) in [5, 5.41) is 9.69. The van der Waals surface area contributed by atoms with Crippen LogP contribution in [0.1, 0.15) is 24.5 Å². The number of hydrogen-bond donors (Lipinski definition) is 1. The molecule has 0 saturated carbocycles. The van der Waals surface area contributed by atoms with Crippen LogP contribution in [0.3, 0.4) is 0 Å². The first kappa shape index (κ1) is 14.2. The predicted molar refractivity (Wildman–Crippen MR) is 73.9 cm³/mol. The zero-order valence-electron chi connectivity index (χ0n) is 11.2. The van der Waals surface area contributed by atoms with Gasteiger partial charge in [-0.15, -0.1) is 0 Å². The van der Waals surface area contributed by atoms with Crippen molar-refractivity contribution >= 4 is 5.97 Å². The predicted octanol–water partition coefficient (Wildman–Crippen LogP) is 3.20. The molecule has 0 spiro atoms. The van der Waals surface area contributed by atoms with Gasteiger partial charge in [-0.05, 0) is 30.0 Å². The number of nitrogens with zero attached hydrogens (tertiary/aromatic N) is 1. The second-order valence-electron chi connectivity index (χ2n) is 4.80. The maximum atomic E-state index is 13.2. The fourth-order valence-electron chi connectivity index (χ4n) is 2.44. The van der Waals surface area contributed by atoms with E-state index in [0.717, 1.165) is 11.8 Å². The minimum absolute atomic E-state index is 0.216. The van der Waals surface area contributed by atoms with Crippen molar-refractivity contribution in [2.24, 2.45) is 0 Å². The van der Waals surface area contributed by atoms with Crippen LogP contribution in [0.5, 0.6) is 0 Å².